The van der Waals surface area contributed by atoms with E-state index in [2.05, 4.69) is 61.6 Å². The molecule has 0 aromatic heterocycles. The van der Waals surface area contributed by atoms with E-state index in [1.165, 1.54) is 16.3 Å². The van der Waals surface area contributed by atoms with E-state index in [1.54, 1.807) is 0 Å². The van der Waals surface area contributed by atoms with Crippen LogP contribution in [0.3, 0.4) is 0 Å². The Labute approximate surface area is 122 Å². The lowest BCUT2D eigenvalue weighted by molar-refractivity contribution is 0.108. The van der Waals surface area contributed by atoms with Crippen LogP contribution in [0.1, 0.15) is 25.8 Å². The summed E-state index contributed by atoms with van der Waals surface area (Å²) in [4.78, 5) is 0. The van der Waals surface area contributed by atoms with Gasteiger partial charge in [-0.25, -0.2) is 0 Å². The fraction of sp³-hybridized carbons (Fsp3) is 0.444. The van der Waals surface area contributed by atoms with Gasteiger partial charge in [0.15, 0.2) is 0 Å². The highest BCUT2D eigenvalue weighted by Gasteiger charge is 1.99. The lowest BCUT2D eigenvalue weighted by atomic mass is 10.0. The van der Waals surface area contributed by atoms with E-state index in [-0.39, 0.29) is 0 Å². The number of fused-ring (bicyclic) bond motifs is 1. The summed E-state index contributed by atoms with van der Waals surface area (Å²) < 4.78 is 5.58. The van der Waals surface area contributed by atoms with Crippen molar-refractivity contribution in [2.75, 3.05) is 19.8 Å². The van der Waals surface area contributed by atoms with E-state index >= 15 is 0 Å². The molecule has 0 heterocycles. The minimum Gasteiger partial charge on any atom is -0.381 e. The van der Waals surface area contributed by atoms with Gasteiger partial charge in [-0.1, -0.05) is 56.3 Å². The van der Waals surface area contributed by atoms with Gasteiger partial charge in [-0.15, -0.1) is 0 Å². The van der Waals surface area contributed by atoms with Gasteiger partial charge in [-0.3, -0.25) is 0 Å². The van der Waals surface area contributed by atoms with Crippen LogP contribution in [0, 0.1) is 5.92 Å². The van der Waals surface area contributed by atoms with Gasteiger partial charge in [0.05, 0.1) is 0 Å². The van der Waals surface area contributed by atoms with Crippen LogP contribution in [0.25, 0.3) is 10.8 Å². The Balaban J connectivity index is 1.73. The topological polar surface area (TPSA) is 21.3 Å². The average molecular weight is 271 g/mol. The summed E-state index contributed by atoms with van der Waals surface area (Å²) in [6.45, 7) is 7.99. The van der Waals surface area contributed by atoms with Crippen molar-refractivity contribution in [3.8, 4) is 0 Å². The smallest absolute Gasteiger partial charge is 0.0489 e. The number of hydrogen-bond acceptors (Lipinski definition) is 2. The molecule has 1 N–H and O–H groups in total. The molecule has 2 rings (SSSR count). The fourth-order valence-electron chi connectivity index (χ4n) is 2.29. The molecule has 0 radical (unpaired) electrons. The SMILES string of the molecule is CC(C)COCCCNCc1cccc2ccccc12. The zero-order valence-electron chi connectivity index (χ0n) is 12.6. The first-order valence-corrected chi connectivity index (χ1v) is 7.52. The van der Waals surface area contributed by atoms with E-state index in [4.69, 9.17) is 4.74 Å². The second-order valence-electron chi connectivity index (χ2n) is 5.64. The first-order chi connectivity index (χ1) is 9.77. The average Bonchev–Trinajstić information content (AvgIpc) is 2.46. The van der Waals surface area contributed by atoms with E-state index in [9.17, 15) is 0 Å². The van der Waals surface area contributed by atoms with E-state index < -0.39 is 0 Å². The predicted molar refractivity (Wildman–Crippen MR) is 85.9 cm³/mol. The third-order valence-electron chi connectivity index (χ3n) is 3.29. The molecule has 0 atom stereocenters. The third kappa shape index (κ3) is 4.62. The lowest BCUT2D eigenvalue weighted by Gasteiger charge is -2.09. The predicted octanol–water partition coefficient (Wildman–Crippen LogP) is 3.99. The maximum Gasteiger partial charge on any atom is 0.0489 e. The molecule has 2 heteroatoms. The van der Waals surface area contributed by atoms with Gasteiger partial charge in [0.1, 0.15) is 0 Å². The number of rotatable bonds is 8. The minimum absolute atomic E-state index is 0.624. The zero-order valence-corrected chi connectivity index (χ0v) is 12.6. The van der Waals surface area contributed by atoms with Crippen molar-refractivity contribution in [2.24, 2.45) is 5.92 Å². The van der Waals surface area contributed by atoms with Crippen molar-refractivity contribution in [2.45, 2.75) is 26.8 Å². The molecule has 0 aliphatic rings. The monoisotopic (exact) mass is 271 g/mol. The summed E-state index contributed by atoms with van der Waals surface area (Å²) in [6.07, 6.45) is 1.07. The van der Waals surface area contributed by atoms with Crippen LogP contribution in [-0.2, 0) is 11.3 Å². The summed E-state index contributed by atoms with van der Waals surface area (Å²) in [5.74, 6) is 0.624. The van der Waals surface area contributed by atoms with Gasteiger partial charge in [0.2, 0.25) is 0 Å². The Hall–Kier alpha value is -1.38. The lowest BCUT2D eigenvalue weighted by Crippen LogP contribution is -2.17. The Bertz CT molecular complexity index is 516. The molecular formula is C18H25NO. The van der Waals surface area contributed by atoms with Gasteiger partial charge >= 0.3 is 0 Å². The van der Waals surface area contributed by atoms with Crippen LogP contribution in [0.5, 0.6) is 0 Å². The normalized spacial score (nSPS) is 11.3. The largest absolute Gasteiger partial charge is 0.381 e. The van der Waals surface area contributed by atoms with Crippen molar-refractivity contribution in [3.05, 3.63) is 48.0 Å². The summed E-state index contributed by atoms with van der Waals surface area (Å²) in [5, 5.41) is 6.16. The maximum atomic E-state index is 5.58. The van der Waals surface area contributed by atoms with Gasteiger partial charge in [-0.2, -0.15) is 0 Å². The van der Waals surface area contributed by atoms with Gasteiger partial charge in [0, 0.05) is 19.8 Å². The molecule has 0 aliphatic carbocycles. The van der Waals surface area contributed by atoms with Crippen LogP contribution in [0.4, 0.5) is 0 Å². The van der Waals surface area contributed by atoms with Crippen LogP contribution in [0.2, 0.25) is 0 Å². The van der Waals surface area contributed by atoms with Crippen LogP contribution in [0.15, 0.2) is 42.5 Å². The van der Waals surface area contributed by atoms with Crippen LogP contribution >= 0.6 is 0 Å². The van der Waals surface area contributed by atoms with Crippen LogP contribution < -0.4 is 5.32 Å². The first kappa shape index (κ1) is 15.0. The number of nitrogens with one attached hydrogen (secondary N) is 1. The van der Waals surface area contributed by atoms with Crippen molar-refractivity contribution >= 4 is 10.8 Å². The molecule has 20 heavy (non-hydrogen) atoms. The zero-order chi connectivity index (χ0) is 14.2. The minimum atomic E-state index is 0.624. The van der Waals surface area contributed by atoms with Gasteiger partial charge < -0.3 is 10.1 Å². The summed E-state index contributed by atoms with van der Waals surface area (Å²) >= 11 is 0. The Morgan fingerprint density at radius 2 is 1.85 bits per heavy atom. The third-order valence-corrected chi connectivity index (χ3v) is 3.29. The Kier molecular flexibility index (Phi) is 6.03. The van der Waals surface area contributed by atoms with E-state index in [0.717, 1.165) is 32.7 Å². The number of hydrogen-bond donors (Lipinski definition) is 1. The van der Waals surface area contributed by atoms with Crippen molar-refractivity contribution in [1.82, 2.24) is 5.32 Å². The molecule has 0 amide bonds. The first-order valence-electron chi connectivity index (χ1n) is 7.52. The molecule has 108 valence electrons. The molecule has 0 fully saturated rings. The van der Waals surface area contributed by atoms with Gasteiger partial charge in [0.25, 0.3) is 0 Å². The Morgan fingerprint density at radius 1 is 1.05 bits per heavy atom. The van der Waals surface area contributed by atoms with Gasteiger partial charge in [-0.05, 0) is 35.2 Å². The quantitative estimate of drug-likeness (QED) is 0.733. The molecule has 0 saturated carbocycles. The number of benzene rings is 2. The van der Waals surface area contributed by atoms with E-state index in [1.807, 2.05) is 0 Å². The molecule has 0 unspecified atom stereocenters. The fourth-order valence-corrected chi connectivity index (χ4v) is 2.29. The highest BCUT2D eigenvalue weighted by molar-refractivity contribution is 5.85. The summed E-state index contributed by atoms with van der Waals surface area (Å²) in [5.41, 5.74) is 1.37. The van der Waals surface area contributed by atoms with Crippen molar-refractivity contribution in [1.29, 1.82) is 0 Å². The summed E-state index contributed by atoms with van der Waals surface area (Å²) in [6, 6.07) is 15.0. The molecule has 2 aromatic carbocycles. The van der Waals surface area contributed by atoms with Crippen molar-refractivity contribution in [3.63, 3.8) is 0 Å². The standard InChI is InChI=1S/C18H25NO/c1-15(2)14-20-12-6-11-19-13-17-9-5-8-16-7-3-4-10-18(16)17/h3-5,7-10,15,19H,6,11-14H2,1-2H3. The summed E-state index contributed by atoms with van der Waals surface area (Å²) in [7, 11) is 0. The molecule has 0 spiro atoms. The highest BCUT2D eigenvalue weighted by Crippen LogP contribution is 2.18. The van der Waals surface area contributed by atoms with Crippen LogP contribution in [-0.4, -0.2) is 19.8 Å². The number of ether oxygens (including phenoxy) is 1. The van der Waals surface area contributed by atoms with E-state index in [0.29, 0.717) is 5.92 Å². The van der Waals surface area contributed by atoms with Crippen molar-refractivity contribution < 1.29 is 4.74 Å². The molecule has 0 aliphatic heterocycles. The Morgan fingerprint density at radius 3 is 2.70 bits per heavy atom. The maximum absolute atomic E-state index is 5.58. The molecule has 2 nitrogen and oxygen atoms in total. The molecule has 2 aromatic rings. The molecule has 0 saturated heterocycles. The highest BCUT2D eigenvalue weighted by atomic mass is 16.5. The second-order valence-corrected chi connectivity index (χ2v) is 5.64. The molecular weight excluding hydrogens is 246 g/mol. The second kappa shape index (κ2) is 8.03. The molecule has 0 bridgehead atoms.